The van der Waals surface area contributed by atoms with Crippen LogP contribution in [-0.4, -0.2) is 13.0 Å². The van der Waals surface area contributed by atoms with E-state index in [1.165, 1.54) is 12.0 Å². The van der Waals surface area contributed by atoms with Gasteiger partial charge < -0.3 is 10.6 Å². The van der Waals surface area contributed by atoms with E-state index in [1.807, 2.05) is 31.3 Å². The number of nitrogens with one attached hydrogen (secondary N) is 2. The molecule has 0 aromatic heterocycles. The molecule has 1 saturated carbocycles. The largest absolute Gasteiger partial charge is 0.326 e. The molecular weight excluding hydrogens is 236 g/mol. The van der Waals surface area contributed by atoms with Crippen molar-refractivity contribution in [1.82, 2.24) is 5.32 Å². The SMILES string of the molecule is CNCc1ccc(NC(=O)C2CCC2)cc1.Cl. The first-order chi connectivity index (χ1) is 7.79. The molecule has 0 heterocycles. The number of carbonyl (C=O) groups is 1. The second-order valence-corrected chi connectivity index (χ2v) is 4.34. The zero-order valence-corrected chi connectivity index (χ0v) is 10.8. The quantitative estimate of drug-likeness (QED) is 0.867. The Morgan fingerprint density at radius 1 is 1.29 bits per heavy atom. The van der Waals surface area contributed by atoms with Crippen molar-refractivity contribution >= 4 is 24.0 Å². The Morgan fingerprint density at radius 3 is 2.41 bits per heavy atom. The van der Waals surface area contributed by atoms with Crippen LogP contribution in [0.3, 0.4) is 0 Å². The minimum Gasteiger partial charge on any atom is -0.326 e. The van der Waals surface area contributed by atoms with Crippen molar-refractivity contribution in [2.75, 3.05) is 12.4 Å². The second-order valence-electron chi connectivity index (χ2n) is 4.34. The van der Waals surface area contributed by atoms with Gasteiger partial charge in [0.2, 0.25) is 5.91 Å². The Labute approximate surface area is 108 Å². The number of hydrogen-bond acceptors (Lipinski definition) is 2. The lowest BCUT2D eigenvalue weighted by Crippen LogP contribution is -2.27. The first-order valence-corrected chi connectivity index (χ1v) is 5.84. The average Bonchev–Trinajstić information content (AvgIpc) is 2.18. The van der Waals surface area contributed by atoms with Crippen LogP contribution in [0, 0.1) is 5.92 Å². The third kappa shape index (κ3) is 3.72. The molecule has 1 aliphatic rings. The van der Waals surface area contributed by atoms with Crippen molar-refractivity contribution in [2.45, 2.75) is 25.8 Å². The molecule has 2 N–H and O–H groups in total. The van der Waals surface area contributed by atoms with Crippen molar-refractivity contribution in [1.29, 1.82) is 0 Å². The third-order valence-corrected chi connectivity index (χ3v) is 3.08. The van der Waals surface area contributed by atoms with Crippen LogP contribution < -0.4 is 10.6 Å². The molecule has 1 aromatic rings. The van der Waals surface area contributed by atoms with Crippen LogP contribution in [0.1, 0.15) is 24.8 Å². The molecule has 94 valence electrons. The molecule has 0 aliphatic heterocycles. The molecule has 17 heavy (non-hydrogen) atoms. The zero-order chi connectivity index (χ0) is 11.4. The van der Waals surface area contributed by atoms with E-state index >= 15 is 0 Å². The van der Waals surface area contributed by atoms with E-state index in [9.17, 15) is 4.79 Å². The van der Waals surface area contributed by atoms with Gasteiger partial charge in [0, 0.05) is 18.2 Å². The summed E-state index contributed by atoms with van der Waals surface area (Å²) in [5.74, 6) is 0.421. The van der Waals surface area contributed by atoms with E-state index in [0.717, 1.165) is 25.1 Å². The van der Waals surface area contributed by atoms with Crippen LogP contribution in [0.4, 0.5) is 5.69 Å². The molecule has 0 saturated heterocycles. The molecule has 0 spiro atoms. The molecule has 0 radical (unpaired) electrons. The lowest BCUT2D eigenvalue weighted by Gasteiger charge is -2.24. The smallest absolute Gasteiger partial charge is 0.227 e. The van der Waals surface area contributed by atoms with Crippen molar-refractivity contribution in [2.24, 2.45) is 5.92 Å². The summed E-state index contributed by atoms with van der Waals surface area (Å²) >= 11 is 0. The number of carbonyl (C=O) groups excluding carboxylic acids is 1. The Morgan fingerprint density at radius 2 is 1.94 bits per heavy atom. The lowest BCUT2D eigenvalue weighted by molar-refractivity contribution is -0.122. The Balaban J connectivity index is 0.00000144. The van der Waals surface area contributed by atoms with Gasteiger partial charge in [0.05, 0.1) is 0 Å². The normalized spacial score (nSPS) is 14.6. The summed E-state index contributed by atoms with van der Waals surface area (Å²) in [6.45, 7) is 0.858. The number of benzene rings is 1. The van der Waals surface area contributed by atoms with Crippen molar-refractivity contribution in [3.05, 3.63) is 29.8 Å². The summed E-state index contributed by atoms with van der Waals surface area (Å²) in [5, 5.41) is 6.05. The Kier molecular flexibility index (Phi) is 5.45. The van der Waals surface area contributed by atoms with Crippen LogP contribution in [0.15, 0.2) is 24.3 Å². The fourth-order valence-electron chi connectivity index (χ4n) is 1.82. The molecule has 4 heteroatoms. The summed E-state index contributed by atoms with van der Waals surface area (Å²) in [7, 11) is 1.92. The van der Waals surface area contributed by atoms with Gasteiger partial charge in [0.15, 0.2) is 0 Å². The summed E-state index contributed by atoms with van der Waals surface area (Å²) < 4.78 is 0. The van der Waals surface area contributed by atoms with E-state index in [1.54, 1.807) is 0 Å². The molecule has 1 amide bonds. The highest BCUT2D eigenvalue weighted by Gasteiger charge is 2.24. The lowest BCUT2D eigenvalue weighted by atomic mass is 9.85. The van der Waals surface area contributed by atoms with E-state index in [4.69, 9.17) is 0 Å². The fourth-order valence-corrected chi connectivity index (χ4v) is 1.82. The number of rotatable bonds is 4. The van der Waals surface area contributed by atoms with Gasteiger partial charge in [0.25, 0.3) is 0 Å². The molecule has 0 unspecified atom stereocenters. The van der Waals surface area contributed by atoms with E-state index < -0.39 is 0 Å². The number of halogens is 1. The fraction of sp³-hybridized carbons (Fsp3) is 0.462. The van der Waals surface area contributed by atoms with Crippen molar-refractivity contribution < 1.29 is 4.79 Å². The van der Waals surface area contributed by atoms with Gasteiger partial charge in [-0.3, -0.25) is 4.79 Å². The molecule has 0 atom stereocenters. The first kappa shape index (κ1) is 14.0. The van der Waals surface area contributed by atoms with Gasteiger partial charge in [-0.1, -0.05) is 18.6 Å². The van der Waals surface area contributed by atoms with Gasteiger partial charge >= 0.3 is 0 Å². The molecule has 1 aliphatic carbocycles. The van der Waals surface area contributed by atoms with Gasteiger partial charge in [-0.05, 0) is 37.6 Å². The minimum absolute atomic E-state index is 0. The summed E-state index contributed by atoms with van der Waals surface area (Å²) in [6.07, 6.45) is 3.28. The third-order valence-electron chi connectivity index (χ3n) is 3.08. The van der Waals surface area contributed by atoms with Gasteiger partial charge in [-0.15, -0.1) is 12.4 Å². The molecule has 2 rings (SSSR count). The van der Waals surface area contributed by atoms with Gasteiger partial charge in [-0.25, -0.2) is 0 Å². The maximum Gasteiger partial charge on any atom is 0.227 e. The van der Waals surface area contributed by atoms with Crippen LogP contribution in [0.25, 0.3) is 0 Å². The maximum atomic E-state index is 11.7. The Bertz CT molecular complexity index is 360. The van der Waals surface area contributed by atoms with Crippen LogP contribution in [-0.2, 0) is 11.3 Å². The van der Waals surface area contributed by atoms with Crippen LogP contribution >= 0.6 is 12.4 Å². The van der Waals surface area contributed by atoms with Crippen molar-refractivity contribution in [3.63, 3.8) is 0 Å². The highest BCUT2D eigenvalue weighted by atomic mass is 35.5. The van der Waals surface area contributed by atoms with Crippen molar-refractivity contribution in [3.8, 4) is 0 Å². The summed E-state index contributed by atoms with van der Waals surface area (Å²) in [5.41, 5.74) is 2.13. The maximum absolute atomic E-state index is 11.7. The minimum atomic E-state index is 0. The summed E-state index contributed by atoms with van der Waals surface area (Å²) in [4.78, 5) is 11.7. The zero-order valence-electron chi connectivity index (χ0n) is 10.0. The molecule has 0 bridgehead atoms. The van der Waals surface area contributed by atoms with Crippen LogP contribution in [0.5, 0.6) is 0 Å². The summed E-state index contributed by atoms with van der Waals surface area (Å²) in [6, 6.07) is 7.99. The predicted molar refractivity (Wildman–Crippen MR) is 72.4 cm³/mol. The van der Waals surface area contributed by atoms with E-state index in [2.05, 4.69) is 10.6 Å². The topological polar surface area (TPSA) is 41.1 Å². The van der Waals surface area contributed by atoms with Gasteiger partial charge in [-0.2, -0.15) is 0 Å². The van der Waals surface area contributed by atoms with Crippen LogP contribution in [0.2, 0.25) is 0 Å². The molecule has 1 aromatic carbocycles. The Hall–Kier alpha value is -1.06. The number of amides is 1. The first-order valence-electron chi connectivity index (χ1n) is 5.84. The number of anilines is 1. The standard InChI is InChI=1S/C13H18N2O.ClH/c1-14-9-10-5-7-12(8-6-10)15-13(16)11-3-2-4-11;/h5-8,11,14H,2-4,9H2,1H3,(H,15,16);1H. The second kappa shape index (κ2) is 6.62. The monoisotopic (exact) mass is 254 g/mol. The molecular formula is C13H19ClN2O. The average molecular weight is 255 g/mol. The van der Waals surface area contributed by atoms with Gasteiger partial charge in [0.1, 0.15) is 0 Å². The highest BCUT2D eigenvalue weighted by molar-refractivity contribution is 5.92. The molecule has 3 nitrogen and oxygen atoms in total. The van der Waals surface area contributed by atoms with E-state index in [0.29, 0.717) is 0 Å². The number of hydrogen-bond donors (Lipinski definition) is 2. The van der Waals surface area contributed by atoms with E-state index in [-0.39, 0.29) is 24.2 Å². The predicted octanol–water partition coefficient (Wildman–Crippen LogP) is 2.57. The highest BCUT2D eigenvalue weighted by Crippen LogP contribution is 2.27. The molecule has 1 fully saturated rings.